The number of hydrogen-bond donors (Lipinski definition) is 1. The average molecular weight is 206 g/mol. The smallest absolute Gasteiger partial charge is 0.0821 e. The number of nitrogens with one attached hydrogen (secondary N) is 1. The van der Waals surface area contributed by atoms with Crippen molar-refractivity contribution in [3.05, 3.63) is 22.2 Å². The summed E-state index contributed by atoms with van der Waals surface area (Å²) in [5, 5.41) is 5.49. The van der Waals surface area contributed by atoms with Crippen LogP contribution in [-0.2, 0) is 0 Å². The molecule has 1 N–H and O–H groups in total. The van der Waals surface area contributed by atoms with Crippen LogP contribution < -0.4 is 10.5 Å². The zero-order valence-electron chi connectivity index (χ0n) is 6.41. The molecule has 1 rings (SSSR count). The summed E-state index contributed by atoms with van der Waals surface area (Å²) >= 11 is 11.7. The Bertz CT molecular complexity index is 275. The van der Waals surface area contributed by atoms with Gasteiger partial charge in [0.15, 0.2) is 0 Å². The molecule has 0 heterocycles. The van der Waals surface area contributed by atoms with Gasteiger partial charge >= 0.3 is 0 Å². The number of hydrogen-bond acceptors (Lipinski definition) is 1. The van der Waals surface area contributed by atoms with Gasteiger partial charge in [-0.3, -0.25) is 0 Å². The number of anilines is 1. The maximum absolute atomic E-state index is 5.93. The van der Waals surface area contributed by atoms with E-state index < -0.39 is 0 Å². The normalized spacial score (nSPS) is 10.1. The molecule has 0 saturated heterocycles. The van der Waals surface area contributed by atoms with E-state index in [1.807, 2.05) is 19.2 Å². The summed E-state index contributed by atoms with van der Waals surface area (Å²) in [5.74, 6) is 0. The maximum atomic E-state index is 5.93. The molecule has 11 heavy (non-hydrogen) atoms. The van der Waals surface area contributed by atoms with Gasteiger partial charge in [0, 0.05) is 17.3 Å². The first kappa shape index (κ1) is 8.91. The first-order valence-corrected chi connectivity index (χ1v) is 5.04. The van der Waals surface area contributed by atoms with Gasteiger partial charge in [-0.1, -0.05) is 29.3 Å². The van der Waals surface area contributed by atoms with Gasteiger partial charge in [0.05, 0.1) is 15.7 Å². The molecule has 0 aliphatic heterocycles. The lowest BCUT2D eigenvalue weighted by Gasteiger charge is -2.07. The minimum Gasteiger partial charge on any atom is -0.387 e. The second kappa shape index (κ2) is 3.48. The predicted octanol–water partition coefficient (Wildman–Crippen LogP) is 1.03. The SMILES string of the molecule is CNc1c([SiH3])ccc(Cl)c1Cl. The Labute approximate surface area is 79.1 Å². The third kappa shape index (κ3) is 1.69. The van der Waals surface area contributed by atoms with E-state index >= 15 is 0 Å². The number of rotatable bonds is 1. The minimum absolute atomic E-state index is 0.607. The van der Waals surface area contributed by atoms with Gasteiger partial charge < -0.3 is 5.32 Å². The first-order valence-electron chi connectivity index (χ1n) is 3.29. The summed E-state index contributed by atoms with van der Waals surface area (Å²) in [6.45, 7) is 0. The van der Waals surface area contributed by atoms with Crippen LogP contribution in [0.4, 0.5) is 5.69 Å². The van der Waals surface area contributed by atoms with E-state index in [0.717, 1.165) is 15.9 Å². The molecule has 0 aromatic heterocycles. The molecule has 0 radical (unpaired) electrons. The Kier molecular flexibility index (Phi) is 2.82. The van der Waals surface area contributed by atoms with E-state index in [4.69, 9.17) is 23.2 Å². The van der Waals surface area contributed by atoms with E-state index in [-0.39, 0.29) is 0 Å². The molecule has 1 nitrogen and oxygen atoms in total. The van der Waals surface area contributed by atoms with Crippen molar-refractivity contribution in [2.45, 2.75) is 0 Å². The van der Waals surface area contributed by atoms with Gasteiger partial charge in [-0.05, 0) is 11.3 Å². The van der Waals surface area contributed by atoms with Crippen molar-refractivity contribution in [3.63, 3.8) is 0 Å². The molecule has 0 aliphatic carbocycles. The summed E-state index contributed by atoms with van der Waals surface area (Å²) in [7, 11) is 2.82. The second-order valence-electron chi connectivity index (χ2n) is 2.30. The van der Waals surface area contributed by atoms with Crippen LogP contribution in [0.1, 0.15) is 0 Å². The highest BCUT2D eigenvalue weighted by atomic mass is 35.5. The Balaban J connectivity index is 3.29. The standard InChI is InChI=1S/C7H9Cl2NSi/c1-10-7-5(11)3-2-4(8)6(7)9/h2-3,10H,1,11H3. The van der Waals surface area contributed by atoms with E-state index in [2.05, 4.69) is 5.32 Å². The van der Waals surface area contributed by atoms with Crippen molar-refractivity contribution >= 4 is 44.3 Å². The topological polar surface area (TPSA) is 12.0 Å². The molecule has 4 heteroatoms. The highest BCUT2D eigenvalue weighted by Gasteiger charge is 2.04. The van der Waals surface area contributed by atoms with Gasteiger partial charge in [0.2, 0.25) is 0 Å². The molecule has 0 spiro atoms. The minimum atomic E-state index is 0.607. The van der Waals surface area contributed by atoms with Gasteiger partial charge in [-0.25, -0.2) is 0 Å². The molecule has 60 valence electrons. The van der Waals surface area contributed by atoms with Crippen molar-refractivity contribution in [3.8, 4) is 0 Å². The van der Waals surface area contributed by atoms with Crippen LogP contribution in [-0.4, -0.2) is 17.3 Å². The summed E-state index contributed by atoms with van der Waals surface area (Å²) in [5.41, 5.74) is 0.964. The molecular weight excluding hydrogens is 197 g/mol. The Morgan fingerprint density at radius 2 is 2.00 bits per heavy atom. The summed E-state index contributed by atoms with van der Waals surface area (Å²) < 4.78 is 0. The third-order valence-electron chi connectivity index (χ3n) is 1.55. The van der Waals surface area contributed by atoms with Gasteiger partial charge in [-0.2, -0.15) is 0 Å². The van der Waals surface area contributed by atoms with Crippen LogP contribution in [0.25, 0.3) is 0 Å². The van der Waals surface area contributed by atoms with Gasteiger partial charge in [-0.15, -0.1) is 0 Å². The molecular formula is C7H9Cl2NSi. The highest BCUT2D eigenvalue weighted by Crippen LogP contribution is 2.27. The van der Waals surface area contributed by atoms with Crippen molar-refractivity contribution in [2.75, 3.05) is 12.4 Å². The largest absolute Gasteiger partial charge is 0.387 e. The lowest BCUT2D eigenvalue weighted by atomic mass is 10.3. The summed E-state index contributed by atoms with van der Waals surface area (Å²) in [6, 6.07) is 3.82. The average Bonchev–Trinajstić information content (AvgIpc) is 1.99. The fourth-order valence-electron chi connectivity index (χ4n) is 0.954. The molecule has 0 amide bonds. The van der Waals surface area contributed by atoms with Crippen LogP contribution in [0, 0.1) is 0 Å². The molecule has 0 bridgehead atoms. The van der Waals surface area contributed by atoms with Crippen LogP contribution in [0.2, 0.25) is 10.0 Å². The van der Waals surface area contributed by atoms with Gasteiger partial charge in [0.25, 0.3) is 0 Å². The maximum Gasteiger partial charge on any atom is 0.0821 e. The van der Waals surface area contributed by atoms with E-state index in [0.29, 0.717) is 10.0 Å². The molecule has 0 saturated carbocycles. The number of benzene rings is 1. The molecule has 0 atom stereocenters. The molecule has 0 aliphatic rings. The van der Waals surface area contributed by atoms with Crippen LogP contribution in [0.15, 0.2) is 12.1 Å². The van der Waals surface area contributed by atoms with Crippen molar-refractivity contribution < 1.29 is 0 Å². The van der Waals surface area contributed by atoms with Crippen LogP contribution in [0.3, 0.4) is 0 Å². The summed E-state index contributed by atoms with van der Waals surface area (Å²) in [4.78, 5) is 0. The summed E-state index contributed by atoms with van der Waals surface area (Å²) in [6.07, 6.45) is 0. The number of halogens is 2. The van der Waals surface area contributed by atoms with Crippen molar-refractivity contribution in [2.24, 2.45) is 0 Å². The van der Waals surface area contributed by atoms with Gasteiger partial charge in [0.1, 0.15) is 0 Å². The lowest BCUT2D eigenvalue weighted by molar-refractivity contribution is 1.54. The quantitative estimate of drug-likeness (QED) is 0.676. The van der Waals surface area contributed by atoms with E-state index in [1.54, 1.807) is 0 Å². The fourth-order valence-corrected chi connectivity index (χ4v) is 2.24. The van der Waals surface area contributed by atoms with Crippen LogP contribution >= 0.6 is 23.2 Å². The molecule has 1 aromatic carbocycles. The fraction of sp³-hybridized carbons (Fsp3) is 0.143. The zero-order valence-corrected chi connectivity index (χ0v) is 9.92. The second-order valence-corrected chi connectivity index (χ2v) is 4.17. The Morgan fingerprint density at radius 3 is 2.45 bits per heavy atom. The van der Waals surface area contributed by atoms with Crippen molar-refractivity contribution in [1.29, 1.82) is 0 Å². The zero-order chi connectivity index (χ0) is 8.43. The molecule has 0 fully saturated rings. The van der Waals surface area contributed by atoms with E-state index in [1.165, 1.54) is 5.19 Å². The van der Waals surface area contributed by atoms with Crippen LogP contribution in [0.5, 0.6) is 0 Å². The highest BCUT2D eigenvalue weighted by molar-refractivity contribution is 6.47. The lowest BCUT2D eigenvalue weighted by Crippen LogP contribution is -2.09. The molecule has 0 unspecified atom stereocenters. The monoisotopic (exact) mass is 205 g/mol. The Morgan fingerprint density at radius 1 is 1.36 bits per heavy atom. The Hall–Kier alpha value is -0.183. The van der Waals surface area contributed by atoms with Crippen molar-refractivity contribution in [1.82, 2.24) is 0 Å². The predicted molar refractivity (Wildman–Crippen MR) is 55.6 cm³/mol. The first-order chi connectivity index (χ1) is 5.16. The molecule has 1 aromatic rings. The van der Waals surface area contributed by atoms with E-state index in [9.17, 15) is 0 Å². The third-order valence-corrected chi connectivity index (χ3v) is 3.19.